The second-order valence-corrected chi connectivity index (χ2v) is 14.1. The molecular weight excluding hydrogens is 446 g/mol. The molecule has 0 nitrogen and oxygen atoms in total. The Morgan fingerprint density at radius 1 is 0.833 bits per heavy atom. The number of hydrogen-bond acceptors (Lipinski definition) is 0. The minimum absolute atomic E-state index is 0.620. The maximum absolute atomic E-state index is 2.67. The van der Waals surface area contributed by atoms with Crippen molar-refractivity contribution in [3.05, 3.63) is 66.8 Å². The van der Waals surface area contributed by atoms with Gasteiger partial charge in [0, 0.05) is 0 Å². The first kappa shape index (κ1) is 14.3. The zero-order valence-corrected chi connectivity index (χ0v) is 15.3. The van der Waals surface area contributed by atoms with Gasteiger partial charge in [0.2, 0.25) is 0 Å². The van der Waals surface area contributed by atoms with Gasteiger partial charge >= 0.3 is 128 Å². The van der Waals surface area contributed by atoms with Crippen LogP contribution >= 0.6 is 34.5 Å². The van der Waals surface area contributed by atoms with Crippen LogP contribution in [0.15, 0.2) is 48.5 Å². The van der Waals surface area contributed by atoms with E-state index in [1.165, 1.54) is 18.3 Å². The summed E-state index contributed by atoms with van der Waals surface area (Å²) in [6.07, 6.45) is 0. The fourth-order valence-electron chi connectivity index (χ4n) is 1.73. The van der Waals surface area contributed by atoms with Gasteiger partial charge in [-0.3, -0.25) is 0 Å². The molecule has 0 fully saturated rings. The Morgan fingerprint density at radius 3 is 1.72 bits per heavy atom. The van der Waals surface area contributed by atoms with Crippen molar-refractivity contribution in [1.82, 2.24) is 0 Å². The second-order valence-electron chi connectivity index (χ2n) is 4.74. The topological polar surface area (TPSA) is 0 Å². The van der Waals surface area contributed by atoms with E-state index in [1.807, 2.05) is 0 Å². The monoisotopic (exact) mass is 464 g/mol. The Hall–Kier alpha value is -0.100. The first-order valence-electron chi connectivity index (χ1n) is 6.11. The predicted molar refractivity (Wildman–Crippen MR) is 97.1 cm³/mol. The van der Waals surface area contributed by atoms with Gasteiger partial charge in [0.15, 0.2) is 0 Å². The molecule has 2 aromatic carbocycles. The van der Waals surface area contributed by atoms with Crippen molar-refractivity contribution in [3.63, 3.8) is 0 Å². The van der Waals surface area contributed by atoms with Crippen LogP contribution in [-0.4, -0.2) is 0 Å². The summed E-state index contributed by atoms with van der Waals surface area (Å²) in [7, 11) is 0. The van der Waals surface area contributed by atoms with E-state index in [2.05, 4.69) is 87.9 Å². The van der Waals surface area contributed by atoms with Crippen LogP contribution in [0.25, 0.3) is 0 Å². The molecule has 0 unspecified atom stereocenters. The van der Waals surface area contributed by atoms with E-state index in [0.29, 0.717) is 5.92 Å². The Morgan fingerprint density at radius 2 is 1.28 bits per heavy atom. The van der Waals surface area contributed by atoms with Crippen molar-refractivity contribution in [2.24, 2.45) is 0 Å². The number of benzene rings is 2. The molecule has 0 saturated carbocycles. The molecular formula is C16H18I2. The Balaban J connectivity index is 2.23. The molecule has 0 aliphatic rings. The van der Waals surface area contributed by atoms with E-state index in [1.54, 1.807) is 0 Å². The number of halogens is 2. The van der Waals surface area contributed by atoms with Gasteiger partial charge in [-0.25, -0.2) is 0 Å². The third-order valence-electron chi connectivity index (χ3n) is 2.93. The molecule has 0 saturated heterocycles. The third kappa shape index (κ3) is 3.47. The molecule has 0 heterocycles. The van der Waals surface area contributed by atoms with Crippen LogP contribution in [0.1, 0.15) is 30.9 Å². The Bertz CT molecular complexity index is 498. The fourth-order valence-corrected chi connectivity index (χ4v) is 8.08. The molecule has 0 aliphatic heterocycles. The number of hydrogen-bond donors (Lipinski definition) is 0. The molecule has 0 radical (unpaired) electrons. The Labute approximate surface area is 127 Å². The van der Waals surface area contributed by atoms with Crippen LogP contribution in [0.2, 0.25) is 0 Å². The summed E-state index contributed by atoms with van der Waals surface area (Å²) < 4.78 is 3.07. The Kier molecular flexibility index (Phi) is 5.06. The van der Waals surface area contributed by atoms with Crippen LogP contribution in [0.5, 0.6) is 0 Å². The van der Waals surface area contributed by atoms with E-state index in [4.69, 9.17) is 0 Å². The van der Waals surface area contributed by atoms with Gasteiger partial charge in [0.1, 0.15) is 0 Å². The summed E-state index contributed by atoms with van der Waals surface area (Å²) in [6, 6.07) is 18.3. The van der Waals surface area contributed by atoms with E-state index >= 15 is 0 Å². The fraction of sp³-hybridized carbons (Fsp3) is 0.250. The van der Waals surface area contributed by atoms with Crippen LogP contribution in [0, 0.1) is 14.1 Å². The van der Waals surface area contributed by atoms with E-state index in [9.17, 15) is 0 Å². The van der Waals surface area contributed by atoms with Gasteiger partial charge in [0.05, 0.1) is 0 Å². The minimum atomic E-state index is -1.21. The summed E-state index contributed by atoms with van der Waals surface area (Å²) in [5.74, 6) is 0.620. The van der Waals surface area contributed by atoms with Gasteiger partial charge in [-0.05, 0) is 0 Å². The van der Waals surface area contributed by atoms with E-state index in [0.717, 1.165) is 0 Å². The van der Waals surface area contributed by atoms with Crippen molar-refractivity contribution >= 4 is 34.5 Å². The van der Waals surface area contributed by atoms with Gasteiger partial charge in [-0.15, -0.1) is 0 Å². The summed E-state index contributed by atoms with van der Waals surface area (Å²) in [4.78, 5) is 0. The van der Waals surface area contributed by atoms with Crippen molar-refractivity contribution < 1.29 is 0 Å². The van der Waals surface area contributed by atoms with Crippen LogP contribution in [0.3, 0.4) is 0 Å². The third-order valence-corrected chi connectivity index (χ3v) is 12.9. The predicted octanol–water partition coefficient (Wildman–Crippen LogP) is 6.01. The number of rotatable bonds is 3. The average molecular weight is 464 g/mol. The van der Waals surface area contributed by atoms with Crippen molar-refractivity contribution in [2.75, 3.05) is 0 Å². The normalized spacial score (nSPS) is 11.7. The second kappa shape index (κ2) is 6.37. The van der Waals surface area contributed by atoms with Gasteiger partial charge in [-0.1, -0.05) is 0 Å². The molecule has 2 rings (SSSR count). The molecule has 0 N–H and O–H groups in total. The molecule has 0 spiro atoms. The molecule has 2 heteroatoms. The number of aryl methyl sites for hydroxylation is 1. The SMILES string of the molecule is Cc1ccc(I(I)c2ccc(C(C)C)cc2)cc1. The molecule has 18 heavy (non-hydrogen) atoms. The van der Waals surface area contributed by atoms with Crippen molar-refractivity contribution in [3.8, 4) is 0 Å². The van der Waals surface area contributed by atoms with Crippen LogP contribution in [-0.2, 0) is 0 Å². The summed E-state index contributed by atoms with van der Waals surface area (Å²) in [5, 5.41) is 0. The van der Waals surface area contributed by atoms with Gasteiger partial charge in [0.25, 0.3) is 0 Å². The van der Waals surface area contributed by atoms with Crippen molar-refractivity contribution in [2.45, 2.75) is 26.7 Å². The first-order valence-corrected chi connectivity index (χ1v) is 14.6. The summed E-state index contributed by atoms with van der Waals surface area (Å²) in [6.45, 7) is 6.64. The van der Waals surface area contributed by atoms with Gasteiger partial charge < -0.3 is 0 Å². The van der Waals surface area contributed by atoms with Gasteiger partial charge in [-0.2, -0.15) is 0 Å². The zero-order valence-electron chi connectivity index (χ0n) is 11.0. The average Bonchev–Trinajstić information content (AvgIpc) is 2.39. The standard InChI is InChI=1S/C16H18I2/c1-12(2)14-6-10-16(11-7-14)18(17)15-8-4-13(3)5-9-15/h4-12H,1-3H3. The van der Waals surface area contributed by atoms with E-state index in [-0.39, 0.29) is 0 Å². The van der Waals surface area contributed by atoms with Crippen molar-refractivity contribution in [1.29, 1.82) is 0 Å². The molecule has 0 aliphatic carbocycles. The van der Waals surface area contributed by atoms with Crippen LogP contribution in [0.4, 0.5) is 0 Å². The zero-order chi connectivity index (χ0) is 13.1. The summed E-state index contributed by atoms with van der Waals surface area (Å²) in [5.41, 5.74) is 2.78. The molecule has 0 amide bonds. The molecule has 0 atom stereocenters. The maximum atomic E-state index is 2.67. The molecule has 0 bridgehead atoms. The molecule has 96 valence electrons. The molecule has 2 aromatic rings. The van der Waals surface area contributed by atoms with Crippen LogP contribution < -0.4 is 0 Å². The summed E-state index contributed by atoms with van der Waals surface area (Å²) >= 11 is 1.46. The quantitative estimate of drug-likeness (QED) is 0.488. The molecule has 0 aromatic heterocycles. The van der Waals surface area contributed by atoms with E-state index < -0.39 is 15.8 Å². The first-order chi connectivity index (χ1) is 8.58.